The Hall–Kier alpha value is -2.57. The summed E-state index contributed by atoms with van der Waals surface area (Å²) in [6, 6.07) is 7.19. The Kier molecular flexibility index (Phi) is 8.56. The zero-order chi connectivity index (χ0) is 32.3. The summed E-state index contributed by atoms with van der Waals surface area (Å²) >= 11 is 1.72. The maximum atomic E-state index is 14.6. The number of fused-ring (bicyclic) bond motifs is 2. The van der Waals surface area contributed by atoms with Crippen LogP contribution < -0.4 is 10.2 Å². The molecule has 45 heavy (non-hydrogen) atoms. The summed E-state index contributed by atoms with van der Waals surface area (Å²) in [6.45, 7) is 15.2. The van der Waals surface area contributed by atoms with E-state index in [0.29, 0.717) is 24.4 Å². The molecule has 5 atom stereocenters. The van der Waals surface area contributed by atoms with E-state index in [-0.39, 0.29) is 41.9 Å². The smallest absolute Gasteiger partial charge is 0.252 e. The number of ether oxygens (including phenoxy) is 3. The summed E-state index contributed by atoms with van der Waals surface area (Å²) < 4.78 is 18.1. The Labute approximate surface area is 271 Å². The van der Waals surface area contributed by atoms with Crippen LogP contribution in [0.4, 0.5) is 5.13 Å². The molecule has 0 bridgehead atoms. The van der Waals surface area contributed by atoms with Crippen LogP contribution in [-0.4, -0.2) is 111 Å². The molecule has 3 aliphatic heterocycles. The van der Waals surface area contributed by atoms with E-state index in [4.69, 9.17) is 19.2 Å². The van der Waals surface area contributed by atoms with E-state index < -0.39 is 11.3 Å². The van der Waals surface area contributed by atoms with Gasteiger partial charge in [0, 0.05) is 68.4 Å². The van der Waals surface area contributed by atoms with Gasteiger partial charge in [-0.2, -0.15) is 0 Å². The minimum Gasteiger partial charge on any atom is -0.369 e. The molecule has 1 spiro atoms. The van der Waals surface area contributed by atoms with Crippen LogP contribution in [0.5, 0.6) is 0 Å². The lowest BCUT2D eigenvalue weighted by Gasteiger charge is -2.41. The van der Waals surface area contributed by atoms with Gasteiger partial charge in [0.1, 0.15) is 18.2 Å². The van der Waals surface area contributed by atoms with Gasteiger partial charge in [-0.1, -0.05) is 32.9 Å². The standard InChI is InChI=1S/C34H49N5O5S/c1-21(2)17-32(5,30(41)39-19-33(18-22(33)3)28-27(39)34(42-7,43-8)20-44-28)36-29(40)25-11-9-24(10-12-25)26-23(4)45-31(35-26)38-15-13-37(6)14-16-38/h9-12,21-22,27-28H,13-20H2,1-8H3,(H,36,40). The highest BCUT2D eigenvalue weighted by molar-refractivity contribution is 7.16. The van der Waals surface area contributed by atoms with Gasteiger partial charge in [0.25, 0.3) is 5.91 Å². The van der Waals surface area contributed by atoms with E-state index in [1.165, 1.54) is 0 Å². The van der Waals surface area contributed by atoms with Crippen molar-refractivity contribution in [3.05, 3.63) is 34.7 Å². The number of aromatic nitrogens is 1. The number of likely N-dealkylation sites (N-methyl/N-ethyl adjacent to an activating group) is 1. The summed E-state index contributed by atoms with van der Waals surface area (Å²) in [4.78, 5) is 41.1. The number of nitrogens with zero attached hydrogens (tertiary/aromatic N) is 4. The fraction of sp³-hybridized carbons (Fsp3) is 0.676. The fourth-order valence-corrected chi connectivity index (χ4v) is 8.96. The van der Waals surface area contributed by atoms with Gasteiger partial charge in [-0.25, -0.2) is 4.98 Å². The molecule has 1 N–H and O–H groups in total. The normalized spacial score (nSPS) is 28.9. The van der Waals surface area contributed by atoms with Crippen LogP contribution in [0, 0.1) is 24.2 Å². The SMILES string of the molecule is COC1(OC)COC2C1N(C(=O)C(C)(CC(C)C)NC(=O)c1ccc(-c3nc(N4CCN(C)CC4)sc3C)cc1)CC21CC1C. The average Bonchev–Trinajstić information content (AvgIpc) is 3.32. The quantitative estimate of drug-likeness (QED) is 0.411. The minimum absolute atomic E-state index is 0.101. The zero-order valence-corrected chi connectivity index (χ0v) is 28.8. The summed E-state index contributed by atoms with van der Waals surface area (Å²) in [7, 11) is 5.37. The van der Waals surface area contributed by atoms with Gasteiger partial charge in [0.15, 0.2) is 5.13 Å². The number of benzene rings is 1. The number of rotatable bonds is 9. The summed E-state index contributed by atoms with van der Waals surface area (Å²) in [5.74, 6) is -0.821. The molecule has 1 aliphatic carbocycles. The van der Waals surface area contributed by atoms with Crippen molar-refractivity contribution in [3.8, 4) is 11.3 Å². The zero-order valence-electron chi connectivity index (χ0n) is 28.0. The number of methoxy groups -OCH3 is 2. The molecule has 4 fully saturated rings. The van der Waals surface area contributed by atoms with Gasteiger partial charge >= 0.3 is 0 Å². The minimum atomic E-state index is -1.13. The van der Waals surface area contributed by atoms with Crippen molar-refractivity contribution in [1.29, 1.82) is 0 Å². The number of anilines is 1. The van der Waals surface area contributed by atoms with Crippen molar-refractivity contribution in [1.82, 2.24) is 20.1 Å². The molecule has 4 aliphatic rings. The summed E-state index contributed by atoms with van der Waals surface area (Å²) in [6.07, 6.45) is 1.33. The predicted molar refractivity (Wildman–Crippen MR) is 176 cm³/mol. The molecule has 4 heterocycles. The molecule has 246 valence electrons. The number of aryl methyl sites for hydroxylation is 1. The van der Waals surface area contributed by atoms with Crippen molar-refractivity contribution in [3.63, 3.8) is 0 Å². The first-order valence-corrected chi connectivity index (χ1v) is 17.0. The van der Waals surface area contributed by atoms with E-state index >= 15 is 0 Å². The van der Waals surface area contributed by atoms with Crippen molar-refractivity contribution in [2.45, 2.75) is 70.9 Å². The van der Waals surface area contributed by atoms with Crippen molar-refractivity contribution < 1.29 is 23.8 Å². The maximum Gasteiger partial charge on any atom is 0.252 e. The molecule has 11 heteroatoms. The van der Waals surface area contributed by atoms with Crippen LogP contribution in [0.3, 0.4) is 0 Å². The van der Waals surface area contributed by atoms with Crippen LogP contribution in [0.15, 0.2) is 24.3 Å². The van der Waals surface area contributed by atoms with E-state index in [0.717, 1.165) is 53.9 Å². The molecule has 0 radical (unpaired) electrons. The topological polar surface area (TPSA) is 96.5 Å². The second-order valence-corrected chi connectivity index (χ2v) is 15.5. The molecular formula is C34H49N5O5S. The maximum absolute atomic E-state index is 14.6. The summed E-state index contributed by atoms with van der Waals surface area (Å²) in [5.41, 5.74) is 1.20. The monoisotopic (exact) mass is 639 g/mol. The lowest BCUT2D eigenvalue weighted by molar-refractivity contribution is -0.227. The molecule has 1 saturated carbocycles. The van der Waals surface area contributed by atoms with Crippen LogP contribution >= 0.6 is 11.3 Å². The molecular weight excluding hydrogens is 590 g/mol. The Balaban J connectivity index is 1.21. The first-order valence-electron chi connectivity index (χ1n) is 16.2. The summed E-state index contributed by atoms with van der Waals surface area (Å²) in [5, 5.41) is 4.21. The second kappa shape index (κ2) is 11.9. The van der Waals surface area contributed by atoms with E-state index in [1.54, 1.807) is 25.6 Å². The highest BCUT2D eigenvalue weighted by Crippen LogP contribution is 2.64. The first-order chi connectivity index (χ1) is 21.4. The van der Waals surface area contributed by atoms with Gasteiger partial charge < -0.3 is 34.2 Å². The van der Waals surface area contributed by atoms with Crippen LogP contribution in [0.2, 0.25) is 0 Å². The number of hydrogen-bond donors (Lipinski definition) is 1. The van der Waals surface area contributed by atoms with Crippen LogP contribution in [-0.2, 0) is 19.0 Å². The van der Waals surface area contributed by atoms with E-state index in [1.807, 2.05) is 36.1 Å². The molecule has 10 nitrogen and oxygen atoms in total. The third-order valence-corrected chi connectivity index (χ3v) is 11.7. The highest BCUT2D eigenvalue weighted by Gasteiger charge is 2.74. The largest absolute Gasteiger partial charge is 0.369 e. The predicted octanol–water partition coefficient (Wildman–Crippen LogP) is 4.03. The lowest BCUT2D eigenvalue weighted by Crippen LogP contribution is -2.63. The number of carbonyl (C=O) groups is 2. The van der Waals surface area contributed by atoms with Crippen molar-refractivity contribution >= 4 is 28.3 Å². The van der Waals surface area contributed by atoms with Crippen LogP contribution in [0.1, 0.15) is 55.8 Å². The Morgan fingerprint density at radius 1 is 1.16 bits per heavy atom. The number of piperazine rings is 1. The molecule has 6 rings (SSSR count). The van der Waals surface area contributed by atoms with Crippen molar-refractivity contribution in [2.24, 2.45) is 17.3 Å². The molecule has 2 amide bonds. The number of carbonyl (C=O) groups excluding carboxylic acids is 2. The molecule has 2 aromatic rings. The van der Waals surface area contributed by atoms with Gasteiger partial charge in [-0.3, -0.25) is 9.59 Å². The number of nitrogens with one attached hydrogen (secondary N) is 1. The fourth-order valence-electron chi connectivity index (χ4n) is 7.98. The number of thiazole rings is 1. The van der Waals surface area contributed by atoms with Gasteiger partial charge in [0.2, 0.25) is 11.7 Å². The Morgan fingerprint density at radius 2 is 1.80 bits per heavy atom. The second-order valence-electron chi connectivity index (χ2n) is 14.3. The first kappa shape index (κ1) is 32.4. The lowest BCUT2D eigenvalue weighted by atomic mass is 9.88. The Morgan fingerprint density at radius 3 is 2.38 bits per heavy atom. The number of likely N-dealkylation sites (tertiary alicyclic amines) is 1. The number of amides is 2. The van der Waals surface area contributed by atoms with E-state index in [9.17, 15) is 9.59 Å². The van der Waals surface area contributed by atoms with Gasteiger partial charge in [-0.15, -0.1) is 11.3 Å². The van der Waals surface area contributed by atoms with Gasteiger partial charge in [-0.05, 0) is 57.7 Å². The van der Waals surface area contributed by atoms with Crippen LogP contribution in [0.25, 0.3) is 11.3 Å². The number of hydrogen-bond acceptors (Lipinski definition) is 9. The third kappa shape index (κ3) is 5.58. The molecule has 1 aromatic heterocycles. The third-order valence-electron chi connectivity index (χ3n) is 10.7. The molecule has 1 aromatic carbocycles. The molecule has 3 saturated heterocycles. The van der Waals surface area contributed by atoms with Gasteiger partial charge in [0.05, 0.1) is 11.8 Å². The Bertz CT molecular complexity index is 1420. The van der Waals surface area contributed by atoms with Crippen molar-refractivity contribution in [2.75, 3.05) is 65.5 Å². The van der Waals surface area contributed by atoms with E-state index in [2.05, 4.69) is 49.9 Å². The highest BCUT2D eigenvalue weighted by atomic mass is 32.1. The average molecular weight is 640 g/mol. The molecule has 5 unspecified atom stereocenters.